The summed E-state index contributed by atoms with van der Waals surface area (Å²) in [6, 6.07) is 4.16. The van der Waals surface area contributed by atoms with Crippen LogP contribution in [0.4, 0.5) is 5.69 Å². The highest BCUT2D eigenvalue weighted by Crippen LogP contribution is 2.21. The van der Waals surface area contributed by atoms with Gasteiger partial charge in [0.15, 0.2) is 5.78 Å². The molecule has 2 aromatic rings. The minimum atomic E-state index is -0.523. The highest BCUT2D eigenvalue weighted by Gasteiger charge is 2.15. The van der Waals surface area contributed by atoms with E-state index in [4.69, 9.17) is 0 Å². The number of aryl methyl sites for hydroxylation is 1. The molecule has 1 heterocycles. The van der Waals surface area contributed by atoms with Gasteiger partial charge < -0.3 is 0 Å². The van der Waals surface area contributed by atoms with Crippen molar-refractivity contribution >= 4 is 11.5 Å². The second kappa shape index (κ2) is 4.40. The van der Waals surface area contributed by atoms with Crippen molar-refractivity contribution in [2.24, 2.45) is 0 Å². The molecule has 0 bridgehead atoms. The van der Waals surface area contributed by atoms with Gasteiger partial charge >= 0.3 is 0 Å². The average Bonchev–Trinajstić information content (AvgIpc) is 2.74. The number of benzene rings is 1. The highest BCUT2D eigenvalue weighted by molar-refractivity contribution is 5.98. The van der Waals surface area contributed by atoms with E-state index >= 15 is 0 Å². The number of carbonyl (C=O) groups excluding carboxylic acids is 1. The van der Waals surface area contributed by atoms with Crippen LogP contribution >= 0.6 is 0 Å². The average molecular weight is 245 g/mol. The number of rotatable bonds is 3. The Morgan fingerprint density at radius 2 is 2.17 bits per heavy atom. The first-order valence-corrected chi connectivity index (χ1v) is 5.30. The smallest absolute Gasteiger partial charge is 0.270 e. The van der Waals surface area contributed by atoms with Gasteiger partial charge in [0, 0.05) is 23.9 Å². The van der Waals surface area contributed by atoms with Gasteiger partial charge in [0.2, 0.25) is 0 Å². The number of ketones is 1. The molecule has 0 atom stereocenters. The van der Waals surface area contributed by atoms with Crippen LogP contribution in [0.15, 0.2) is 30.6 Å². The first-order chi connectivity index (χ1) is 8.49. The summed E-state index contributed by atoms with van der Waals surface area (Å²) in [4.78, 5) is 21.7. The van der Waals surface area contributed by atoms with E-state index in [0.29, 0.717) is 5.69 Å². The maximum Gasteiger partial charge on any atom is 0.270 e. The number of Topliss-reactive ketones (excluding diaryl/α,β-unsaturated/α-hetero) is 1. The predicted octanol–water partition coefficient (Wildman–Crippen LogP) is 2.29. The number of nitro benzene ring substituents is 1. The maximum absolute atomic E-state index is 11.6. The molecule has 0 aliphatic rings. The maximum atomic E-state index is 11.6. The molecule has 0 saturated carbocycles. The lowest BCUT2D eigenvalue weighted by Gasteiger charge is -2.06. The van der Waals surface area contributed by atoms with E-state index in [1.54, 1.807) is 12.4 Å². The zero-order chi connectivity index (χ0) is 13.3. The molecule has 0 unspecified atom stereocenters. The number of hydrogen-bond acceptors (Lipinski definition) is 4. The summed E-state index contributed by atoms with van der Waals surface area (Å²) in [6.45, 7) is 3.25. The molecule has 1 aromatic carbocycles. The molecule has 1 aromatic heterocycles. The Kier molecular flexibility index (Phi) is 2.93. The fourth-order valence-electron chi connectivity index (χ4n) is 1.66. The van der Waals surface area contributed by atoms with Gasteiger partial charge in [-0.1, -0.05) is 0 Å². The number of nitrogens with zero attached hydrogens (tertiary/aromatic N) is 3. The summed E-state index contributed by atoms with van der Waals surface area (Å²) < 4.78 is 1.54. The molecule has 0 fully saturated rings. The summed E-state index contributed by atoms with van der Waals surface area (Å²) in [6.07, 6.45) is 3.42. The molecule has 0 spiro atoms. The van der Waals surface area contributed by atoms with Crippen molar-refractivity contribution in [1.82, 2.24) is 9.78 Å². The van der Waals surface area contributed by atoms with E-state index in [9.17, 15) is 14.9 Å². The Morgan fingerprint density at radius 1 is 1.44 bits per heavy atom. The summed E-state index contributed by atoms with van der Waals surface area (Å²) >= 11 is 0. The summed E-state index contributed by atoms with van der Waals surface area (Å²) in [5, 5.41) is 14.8. The number of carbonyl (C=O) groups is 1. The SMILES string of the molecule is CC(=O)c1cc([N+](=O)[O-])ccc1-n1cc(C)cn1. The normalized spacial score (nSPS) is 10.3. The van der Waals surface area contributed by atoms with Crippen LogP contribution in [0.25, 0.3) is 5.69 Å². The lowest BCUT2D eigenvalue weighted by atomic mass is 10.1. The van der Waals surface area contributed by atoms with Crippen LogP contribution in [0, 0.1) is 17.0 Å². The Bertz CT molecular complexity index is 631. The van der Waals surface area contributed by atoms with Crippen LogP contribution in [-0.4, -0.2) is 20.5 Å². The molecule has 6 nitrogen and oxygen atoms in total. The topological polar surface area (TPSA) is 78.0 Å². The van der Waals surface area contributed by atoms with E-state index in [1.807, 2.05) is 6.92 Å². The Balaban J connectivity index is 2.60. The third kappa shape index (κ3) is 2.13. The molecule has 92 valence electrons. The van der Waals surface area contributed by atoms with Gasteiger partial charge in [-0.15, -0.1) is 0 Å². The van der Waals surface area contributed by atoms with E-state index in [0.717, 1.165) is 5.56 Å². The van der Waals surface area contributed by atoms with Crippen molar-refractivity contribution in [1.29, 1.82) is 0 Å². The van der Waals surface area contributed by atoms with Crippen molar-refractivity contribution in [3.05, 3.63) is 51.8 Å². The van der Waals surface area contributed by atoms with Crippen molar-refractivity contribution in [3.8, 4) is 5.69 Å². The molecule has 0 aliphatic heterocycles. The van der Waals surface area contributed by atoms with Gasteiger partial charge in [-0.05, 0) is 25.5 Å². The van der Waals surface area contributed by atoms with Crippen LogP contribution in [0.1, 0.15) is 22.8 Å². The molecule has 2 rings (SSSR count). The van der Waals surface area contributed by atoms with E-state index in [2.05, 4.69) is 5.10 Å². The fourth-order valence-corrected chi connectivity index (χ4v) is 1.66. The highest BCUT2D eigenvalue weighted by atomic mass is 16.6. The van der Waals surface area contributed by atoms with Gasteiger partial charge in [-0.25, -0.2) is 4.68 Å². The third-order valence-electron chi connectivity index (χ3n) is 2.53. The standard InChI is InChI=1S/C12H11N3O3/c1-8-6-13-14(7-8)12-4-3-10(15(17)18)5-11(12)9(2)16/h3-7H,1-2H3. The molecule has 0 amide bonds. The minimum absolute atomic E-state index is 0.104. The first kappa shape index (κ1) is 12.0. The van der Waals surface area contributed by atoms with Gasteiger partial charge in [-0.2, -0.15) is 5.10 Å². The van der Waals surface area contributed by atoms with E-state index in [-0.39, 0.29) is 17.0 Å². The van der Waals surface area contributed by atoms with E-state index < -0.39 is 4.92 Å². The molecular weight excluding hydrogens is 234 g/mol. The van der Waals surface area contributed by atoms with E-state index in [1.165, 1.54) is 29.8 Å². The number of non-ortho nitro benzene ring substituents is 1. The van der Waals surface area contributed by atoms with Gasteiger partial charge in [-0.3, -0.25) is 14.9 Å². The number of nitro groups is 1. The molecule has 0 N–H and O–H groups in total. The molecule has 18 heavy (non-hydrogen) atoms. The molecule has 6 heteroatoms. The molecular formula is C12H11N3O3. The lowest BCUT2D eigenvalue weighted by molar-refractivity contribution is -0.384. The van der Waals surface area contributed by atoms with Crippen molar-refractivity contribution < 1.29 is 9.72 Å². The van der Waals surface area contributed by atoms with Crippen molar-refractivity contribution in [2.75, 3.05) is 0 Å². The van der Waals surface area contributed by atoms with Crippen LogP contribution in [0.5, 0.6) is 0 Å². The Labute approximate surface area is 103 Å². The van der Waals surface area contributed by atoms with Crippen molar-refractivity contribution in [3.63, 3.8) is 0 Å². The summed E-state index contributed by atoms with van der Waals surface area (Å²) in [7, 11) is 0. The largest absolute Gasteiger partial charge is 0.294 e. The van der Waals surface area contributed by atoms with Gasteiger partial charge in [0.1, 0.15) is 0 Å². The van der Waals surface area contributed by atoms with Gasteiger partial charge in [0.05, 0.1) is 16.8 Å². The third-order valence-corrected chi connectivity index (χ3v) is 2.53. The van der Waals surface area contributed by atoms with Crippen LogP contribution < -0.4 is 0 Å². The Hall–Kier alpha value is -2.50. The molecule has 0 radical (unpaired) electrons. The molecule has 0 aliphatic carbocycles. The Morgan fingerprint density at radius 3 is 2.67 bits per heavy atom. The fraction of sp³-hybridized carbons (Fsp3) is 0.167. The molecule has 0 saturated heterocycles. The lowest BCUT2D eigenvalue weighted by Crippen LogP contribution is -2.05. The van der Waals surface area contributed by atoms with Gasteiger partial charge in [0.25, 0.3) is 5.69 Å². The first-order valence-electron chi connectivity index (χ1n) is 5.30. The van der Waals surface area contributed by atoms with Crippen LogP contribution in [-0.2, 0) is 0 Å². The zero-order valence-corrected chi connectivity index (χ0v) is 9.95. The van der Waals surface area contributed by atoms with Crippen molar-refractivity contribution in [2.45, 2.75) is 13.8 Å². The second-order valence-corrected chi connectivity index (χ2v) is 3.98. The summed E-state index contributed by atoms with van der Waals surface area (Å²) in [5.41, 5.74) is 1.67. The second-order valence-electron chi connectivity index (χ2n) is 3.98. The zero-order valence-electron chi connectivity index (χ0n) is 9.95. The summed E-state index contributed by atoms with van der Waals surface area (Å²) in [5.74, 6) is -0.234. The quantitative estimate of drug-likeness (QED) is 0.472. The predicted molar refractivity (Wildman–Crippen MR) is 65.0 cm³/mol. The van der Waals surface area contributed by atoms with Crippen LogP contribution in [0.3, 0.4) is 0 Å². The van der Waals surface area contributed by atoms with Crippen LogP contribution in [0.2, 0.25) is 0 Å². The minimum Gasteiger partial charge on any atom is -0.294 e. The number of aromatic nitrogens is 2. The monoisotopic (exact) mass is 245 g/mol. The number of hydrogen-bond donors (Lipinski definition) is 0.